The Morgan fingerprint density at radius 2 is 1.75 bits per heavy atom. The number of thiocarbonyl (C=S) groups is 1. The zero-order valence-electron chi connectivity index (χ0n) is 15.1. The van der Waals surface area contributed by atoms with Crippen molar-refractivity contribution in [1.29, 1.82) is 0 Å². The van der Waals surface area contributed by atoms with Gasteiger partial charge in [-0.3, -0.25) is 25.8 Å². The largest absolute Gasteiger partial charge is 0.496 e. The molecule has 0 saturated carbocycles. The molecule has 2 rings (SSSR count). The van der Waals surface area contributed by atoms with E-state index in [4.69, 9.17) is 21.7 Å². The average Bonchev–Trinajstić information content (AvgIpc) is 2.70. The van der Waals surface area contributed by atoms with Crippen molar-refractivity contribution in [2.75, 3.05) is 14.2 Å². The van der Waals surface area contributed by atoms with Crippen LogP contribution in [0.2, 0.25) is 0 Å². The highest BCUT2D eigenvalue weighted by Crippen LogP contribution is 2.25. The van der Waals surface area contributed by atoms with Crippen LogP contribution in [0.4, 0.5) is 0 Å². The number of para-hydroxylation sites is 1. The van der Waals surface area contributed by atoms with E-state index in [9.17, 15) is 9.59 Å². The molecule has 2 aromatic carbocycles. The first kappa shape index (κ1) is 21.4. The summed E-state index contributed by atoms with van der Waals surface area (Å²) in [5.41, 5.74) is 6.01. The van der Waals surface area contributed by atoms with Crippen molar-refractivity contribution in [3.05, 3.63) is 64.1 Å². The molecule has 7 nitrogen and oxygen atoms in total. The minimum atomic E-state index is -0.454. The summed E-state index contributed by atoms with van der Waals surface area (Å²) in [6.45, 7) is 0. The molecule has 0 aliphatic rings. The number of hydrogen-bond donors (Lipinski definition) is 3. The number of rotatable bonds is 5. The zero-order valence-corrected chi connectivity index (χ0v) is 17.5. The molecule has 0 saturated heterocycles. The molecule has 0 fully saturated rings. The molecule has 0 aromatic heterocycles. The van der Waals surface area contributed by atoms with E-state index >= 15 is 0 Å². The molecule has 0 aliphatic carbocycles. The molecule has 0 radical (unpaired) electrons. The number of nitrogens with one attached hydrogen (secondary N) is 3. The van der Waals surface area contributed by atoms with E-state index < -0.39 is 11.8 Å². The van der Waals surface area contributed by atoms with Crippen molar-refractivity contribution in [1.82, 2.24) is 16.2 Å². The highest BCUT2D eigenvalue weighted by atomic mass is 79.9. The molecule has 0 heterocycles. The van der Waals surface area contributed by atoms with Crippen LogP contribution in [-0.4, -0.2) is 31.1 Å². The molecule has 0 spiro atoms. The summed E-state index contributed by atoms with van der Waals surface area (Å²) in [6, 6.07) is 12.1. The maximum atomic E-state index is 12.1. The second kappa shape index (κ2) is 10.4. The normalized spacial score (nSPS) is 10.2. The van der Waals surface area contributed by atoms with Crippen LogP contribution in [0.1, 0.15) is 15.9 Å². The molecular formula is C19H18BrN3O4S. The summed E-state index contributed by atoms with van der Waals surface area (Å²) in [4.78, 5) is 24.1. The molecule has 0 bridgehead atoms. The van der Waals surface area contributed by atoms with Crippen molar-refractivity contribution in [2.45, 2.75) is 0 Å². The molecule has 9 heteroatoms. The van der Waals surface area contributed by atoms with Gasteiger partial charge in [-0.15, -0.1) is 0 Å². The van der Waals surface area contributed by atoms with Gasteiger partial charge in [-0.25, -0.2) is 0 Å². The van der Waals surface area contributed by atoms with E-state index in [2.05, 4.69) is 32.1 Å². The van der Waals surface area contributed by atoms with Gasteiger partial charge in [0.15, 0.2) is 5.11 Å². The van der Waals surface area contributed by atoms with Crippen LogP contribution in [-0.2, 0) is 4.79 Å². The predicted molar refractivity (Wildman–Crippen MR) is 114 cm³/mol. The van der Waals surface area contributed by atoms with Gasteiger partial charge in [0.2, 0.25) is 5.91 Å². The minimum absolute atomic E-state index is 0.0457. The second-order valence-electron chi connectivity index (χ2n) is 5.32. The summed E-state index contributed by atoms with van der Waals surface area (Å²) in [5, 5.41) is 2.39. The first-order valence-electron chi connectivity index (χ1n) is 8.00. The first-order chi connectivity index (χ1) is 13.4. The Balaban J connectivity index is 1.86. The lowest BCUT2D eigenvalue weighted by atomic mass is 10.2. The van der Waals surface area contributed by atoms with Gasteiger partial charge in [0.05, 0.1) is 18.7 Å². The van der Waals surface area contributed by atoms with Crippen molar-refractivity contribution >= 4 is 51.2 Å². The maximum absolute atomic E-state index is 12.1. The van der Waals surface area contributed by atoms with E-state index in [0.717, 1.165) is 5.56 Å². The zero-order chi connectivity index (χ0) is 20.5. The molecular weight excluding hydrogens is 446 g/mol. The van der Waals surface area contributed by atoms with Gasteiger partial charge in [-0.1, -0.05) is 18.2 Å². The summed E-state index contributed by atoms with van der Waals surface area (Å²) in [7, 11) is 3.08. The van der Waals surface area contributed by atoms with Crippen LogP contribution in [0.25, 0.3) is 6.08 Å². The van der Waals surface area contributed by atoms with E-state index in [1.807, 2.05) is 18.2 Å². The van der Waals surface area contributed by atoms with Gasteiger partial charge >= 0.3 is 0 Å². The van der Waals surface area contributed by atoms with Crippen LogP contribution in [0.15, 0.2) is 53.0 Å². The van der Waals surface area contributed by atoms with Crippen LogP contribution >= 0.6 is 28.1 Å². The standard InChI is InChI=1S/C19H18BrN3O4S/c1-26-15-6-4-3-5-12(15)8-10-17(24)21-19(28)23-22-18(25)13-7-9-16(27-2)14(20)11-13/h3-11H,1-2H3,(H,22,25)(H2,21,23,24,28). The predicted octanol–water partition coefficient (Wildman–Crippen LogP) is 2.82. The summed E-state index contributed by atoms with van der Waals surface area (Å²) >= 11 is 8.31. The third-order valence-electron chi connectivity index (χ3n) is 3.49. The van der Waals surface area contributed by atoms with Gasteiger partial charge in [-0.05, 0) is 58.5 Å². The Morgan fingerprint density at radius 3 is 2.43 bits per heavy atom. The number of amides is 2. The van der Waals surface area contributed by atoms with E-state index in [1.165, 1.54) is 13.2 Å². The minimum Gasteiger partial charge on any atom is -0.496 e. The Bertz CT molecular complexity index is 918. The molecule has 2 amide bonds. The maximum Gasteiger partial charge on any atom is 0.269 e. The van der Waals surface area contributed by atoms with E-state index in [0.29, 0.717) is 21.5 Å². The summed E-state index contributed by atoms with van der Waals surface area (Å²) in [5.74, 6) is 0.369. The van der Waals surface area contributed by atoms with Gasteiger partial charge in [0, 0.05) is 17.2 Å². The SMILES string of the molecule is COc1ccc(C(=O)NNC(=S)NC(=O)C=Cc2ccccc2OC)cc1Br. The number of hydrazine groups is 1. The van der Waals surface area contributed by atoms with E-state index in [-0.39, 0.29) is 5.11 Å². The fraction of sp³-hybridized carbons (Fsp3) is 0.105. The lowest BCUT2D eigenvalue weighted by Gasteiger charge is -2.10. The highest BCUT2D eigenvalue weighted by molar-refractivity contribution is 9.10. The first-order valence-corrected chi connectivity index (χ1v) is 9.20. The van der Waals surface area contributed by atoms with Crippen molar-refractivity contribution in [3.63, 3.8) is 0 Å². The smallest absolute Gasteiger partial charge is 0.269 e. The third-order valence-corrected chi connectivity index (χ3v) is 4.32. The Hall–Kier alpha value is -2.91. The Morgan fingerprint density at radius 1 is 1.04 bits per heavy atom. The van der Waals surface area contributed by atoms with Crippen molar-refractivity contribution in [2.24, 2.45) is 0 Å². The molecule has 0 aliphatic heterocycles. The topological polar surface area (TPSA) is 88.7 Å². The van der Waals surface area contributed by atoms with Crippen LogP contribution in [0.5, 0.6) is 11.5 Å². The Labute approximate surface area is 176 Å². The second-order valence-corrected chi connectivity index (χ2v) is 6.58. The van der Waals surface area contributed by atoms with Crippen LogP contribution < -0.4 is 25.6 Å². The van der Waals surface area contributed by atoms with Gasteiger partial charge in [-0.2, -0.15) is 0 Å². The number of ether oxygens (including phenoxy) is 2. The van der Waals surface area contributed by atoms with Crippen molar-refractivity contribution < 1.29 is 19.1 Å². The molecule has 0 atom stereocenters. The molecule has 0 unspecified atom stereocenters. The number of benzene rings is 2. The van der Waals surface area contributed by atoms with E-state index in [1.54, 1.807) is 37.5 Å². The van der Waals surface area contributed by atoms with Crippen LogP contribution in [0, 0.1) is 0 Å². The molecule has 146 valence electrons. The molecule has 3 N–H and O–H groups in total. The molecule has 2 aromatic rings. The monoisotopic (exact) mass is 463 g/mol. The fourth-order valence-corrected chi connectivity index (χ4v) is 2.84. The number of carbonyl (C=O) groups excluding carboxylic acids is 2. The Kier molecular flexibility index (Phi) is 7.97. The lowest BCUT2D eigenvalue weighted by molar-refractivity contribution is -0.115. The van der Waals surface area contributed by atoms with Gasteiger partial charge in [0.25, 0.3) is 5.91 Å². The molecule has 28 heavy (non-hydrogen) atoms. The van der Waals surface area contributed by atoms with Gasteiger partial charge in [0.1, 0.15) is 11.5 Å². The number of carbonyl (C=O) groups is 2. The van der Waals surface area contributed by atoms with Crippen molar-refractivity contribution in [3.8, 4) is 11.5 Å². The number of hydrogen-bond acceptors (Lipinski definition) is 5. The lowest BCUT2D eigenvalue weighted by Crippen LogP contribution is -2.48. The summed E-state index contributed by atoms with van der Waals surface area (Å²) in [6.07, 6.45) is 2.92. The quantitative estimate of drug-likeness (QED) is 0.359. The highest BCUT2D eigenvalue weighted by Gasteiger charge is 2.09. The number of methoxy groups -OCH3 is 2. The third kappa shape index (κ3) is 6.07. The summed E-state index contributed by atoms with van der Waals surface area (Å²) < 4.78 is 11.0. The van der Waals surface area contributed by atoms with Crippen LogP contribution in [0.3, 0.4) is 0 Å². The van der Waals surface area contributed by atoms with Gasteiger partial charge < -0.3 is 9.47 Å². The number of halogens is 1. The average molecular weight is 464 g/mol. The fourth-order valence-electron chi connectivity index (χ4n) is 2.15.